The zero-order valence-corrected chi connectivity index (χ0v) is 26.7. The number of para-hydroxylation sites is 2. The van der Waals surface area contributed by atoms with Crippen molar-refractivity contribution in [3.8, 4) is 23.0 Å². The molecule has 3 N–H and O–H groups in total. The SMILES string of the molecule is COc1ccccc1CCN(C(=O)c1cc2cccc(OC)c2o1)C1C=C(C(=O)NCCO)C2c3cc(C=O)cc(OC)c3OC2C1O. The Hall–Kier alpha value is -5.33. The van der Waals surface area contributed by atoms with Crippen LogP contribution >= 0.6 is 0 Å². The van der Waals surface area contributed by atoms with Gasteiger partial charge in [-0.1, -0.05) is 30.3 Å². The predicted octanol–water partition coefficient (Wildman–Crippen LogP) is 3.28. The van der Waals surface area contributed by atoms with Crippen molar-refractivity contribution in [3.63, 3.8) is 0 Å². The van der Waals surface area contributed by atoms with Gasteiger partial charge in [-0.15, -0.1) is 0 Å². The summed E-state index contributed by atoms with van der Waals surface area (Å²) in [6.45, 7) is -0.224. The number of hydrogen-bond donors (Lipinski definition) is 3. The number of amides is 2. The van der Waals surface area contributed by atoms with E-state index in [0.717, 1.165) is 5.56 Å². The molecule has 0 saturated heterocycles. The number of nitrogens with zero attached hydrogens (tertiary/aromatic N) is 1. The zero-order chi connectivity index (χ0) is 33.9. The van der Waals surface area contributed by atoms with E-state index in [4.69, 9.17) is 23.4 Å². The topological polar surface area (TPSA) is 157 Å². The number of benzene rings is 3. The molecule has 0 bridgehead atoms. The first-order valence-electron chi connectivity index (χ1n) is 15.5. The van der Waals surface area contributed by atoms with Crippen LogP contribution in [0.1, 0.15) is 38.0 Å². The number of carbonyl (C=O) groups is 3. The normalized spacial score (nSPS) is 19.4. The lowest BCUT2D eigenvalue weighted by Gasteiger charge is -2.40. The molecular formula is C36H36N2O10. The number of furan rings is 1. The molecule has 12 heteroatoms. The van der Waals surface area contributed by atoms with E-state index in [9.17, 15) is 24.6 Å². The number of fused-ring (bicyclic) bond motifs is 4. The number of aldehydes is 1. The molecule has 6 rings (SSSR count). The minimum absolute atomic E-state index is 0.0106. The highest BCUT2D eigenvalue weighted by atomic mass is 16.5. The highest BCUT2D eigenvalue weighted by molar-refractivity contribution is 5.99. The summed E-state index contributed by atoms with van der Waals surface area (Å²) in [6.07, 6.45) is 0.197. The molecule has 0 spiro atoms. The summed E-state index contributed by atoms with van der Waals surface area (Å²) in [5, 5.41) is 24.8. The molecule has 48 heavy (non-hydrogen) atoms. The minimum atomic E-state index is -1.33. The van der Waals surface area contributed by atoms with E-state index in [-0.39, 0.29) is 42.5 Å². The Morgan fingerprint density at radius 1 is 0.979 bits per heavy atom. The Morgan fingerprint density at radius 3 is 2.46 bits per heavy atom. The summed E-state index contributed by atoms with van der Waals surface area (Å²) in [5.74, 6) is -0.206. The fourth-order valence-electron chi connectivity index (χ4n) is 6.54. The molecule has 0 radical (unpaired) electrons. The average molecular weight is 657 g/mol. The maximum Gasteiger partial charge on any atom is 0.290 e. The molecule has 250 valence electrons. The second-order valence-electron chi connectivity index (χ2n) is 11.5. The summed E-state index contributed by atoms with van der Waals surface area (Å²) in [6, 6.07) is 16.4. The van der Waals surface area contributed by atoms with Crippen LogP contribution in [0.2, 0.25) is 0 Å². The molecule has 4 aromatic rings. The second kappa shape index (κ2) is 13.8. The summed E-state index contributed by atoms with van der Waals surface area (Å²) in [7, 11) is 4.50. The van der Waals surface area contributed by atoms with Gasteiger partial charge in [-0.3, -0.25) is 14.4 Å². The first kappa shape index (κ1) is 32.6. The van der Waals surface area contributed by atoms with E-state index in [1.807, 2.05) is 24.3 Å². The van der Waals surface area contributed by atoms with Gasteiger partial charge in [0.25, 0.3) is 5.91 Å². The highest BCUT2D eigenvalue weighted by Gasteiger charge is 2.51. The minimum Gasteiger partial charge on any atom is -0.496 e. The van der Waals surface area contributed by atoms with Crippen molar-refractivity contribution >= 4 is 29.1 Å². The first-order chi connectivity index (χ1) is 23.3. The standard InChI is InChI=1S/C36H36N2O10/c1-44-26-9-5-4-7-21(26)11-13-38(36(43)29-17-22-8-6-10-27(45-2)32(22)47-29)25-18-24(35(42)37-12-14-39)30-23-15-20(19-40)16-28(46-3)33(23)48-34(30)31(25)41/h4-10,15-19,25,30-31,34,39,41H,11-14H2,1-3H3,(H,37,42). The Kier molecular flexibility index (Phi) is 9.37. The third-order valence-corrected chi connectivity index (χ3v) is 8.78. The monoisotopic (exact) mass is 656 g/mol. The molecule has 2 heterocycles. The fourth-order valence-corrected chi connectivity index (χ4v) is 6.54. The van der Waals surface area contributed by atoms with Gasteiger partial charge in [-0.2, -0.15) is 0 Å². The van der Waals surface area contributed by atoms with Crippen LogP contribution in [-0.2, 0) is 11.2 Å². The van der Waals surface area contributed by atoms with Crippen molar-refractivity contribution in [1.29, 1.82) is 0 Å². The van der Waals surface area contributed by atoms with E-state index < -0.39 is 36.0 Å². The van der Waals surface area contributed by atoms with E-state index >= 15 is 0 Å². The third-order valence-electron chi connectivity index (χ3n) is 8.78. The smallest absolute Gasteiger partial charge is 0.290 e. The molecule has 4 unspecified atom stereocenters. The molecule has 2 amide bonds. The van der Waals surface area contributed by atoms with Crippen LogP contribution in [0.4, 0.5) is 0 Å². The number of nitrogens with one attached hydrogen (secondary N) is 1. The van der Waals surface area contributed by atoms with Crippen LogP contribution in [0, 0.1) is 0 Å². The number of rotatable bonds is 12. The van der Waals surface area contributed by atoms with Crippen LogP contribution in [0.3, 0.4) is 0 Å². The van der Waals surface area contributed by atoms with Gasteiger partial charge in [0.15, 0.2) is 28.6 Å². The molecule has 2 aliphatic rings. The number of aliphatic hydroxyl groups excluding tert-OH is 2. The lowest BCUT2D eigenvalue weighted by molar-refractivity contribution is -0.118. The van der Waals surface area contributed by atoms with Gasteiger partial charge in [0.1, 0.15) is 24.2 Å². The van der Waals surface area contributed by atoms with Gasteiger partial charge in [-0.25, -0.2) is 0 Å². The molecular weight excluding hydrogens is 620 g/mol. The quantitative estimate of drug-likeness (QED) is 0.193. The Bertz CT molecular complexity index is 1880. The summed E-state index contributed by atoms with van der Waals surface area (Å²) < 4.78 is 28.9. The number of carbonyl (C=O) groups excluding carboxylic acids is 3. The largest absolute Gasteiger partial charge is 0.496 e. The van der Waals surface area contributed by atoms with Crippen molar-refractivity contribution in [2.45, 2.75) is 30.6 Å². The van der Waals surface area contributed by atoms with Crippen LogP contribution in [0.15, 0.2) is 76.7 Å². The number of methoxy groups -OCH3 is 3. The molecule has 12 nitrogen and oxygen atoms in total. The fraction of sp³-hybridized carbons (Fsp3) is 0.306. The van der Waals surface area contributed by atoms with E-state index in [2.05, 4.69) is 5.32 Å². The molecule has 4 atom stereocenters. The Labute approximate surface area is 276 Å². The molecule has 3 aromatic carbocycles. The van der Waals surface area contributed by atoms with Crippen molar-refractivity contribution in [3.05, 3.63) is 94.8 Å². The molecule has 0 fully saturated rings. The Morgan fingerprint density at radius 2 is 1.73 bits per heavy atom. The van der Waals surface area contributed by atoms with Crippen LogP contribution in [0.5, 0.6) is 23.0 Å². The van der Waals surface area contributed by atoms with Gasteiger partial charge >= 0.3 is 0 Å². The molecule has 1 aromatic heterocycles. The maximum absolute atomic E-state index is 14.5. The van der Waals surface area contributed by atoms with Gasteiger partial charge in [0, 0.05) is 35.2 Å². The van der Waals surface area contributed by atoms with Gasteiger partial charge in [0.2, 0.25) is 5.91 Å². The van der Waals surface area contributed by atoms with E-state index in [1.165, 1.54) is 25.2 Å². The molecule has 1 aliphatic heterocycles. The van der Waals surface area contributed by atoms with E-state index in [0.29, 0.717) is 46.3 Å². The lowest BCUT2D eigenvalue weighted by atomic mass is 9.77. The van der Waals surface area contributed by atoms with Crippen LogP contribution in [0.25, 0.3) is 11.0 Å². The van der Waals surface area contributed by atoms with E-state index in [1.54, 1.807) is 43.5 Å². The van der Waals surface area contributed by atoms with Gasteiger partial charge in [0.05, 0.1) is 39.9 Å². The van der Waals surface area contributed by atoms with Crippen molar-refractivity contribution in [1.82, 2.24) is 10.2 Å². The van der Waals surface area contributed by atoms with Crippen molar-refractivity contribution in [2.24, 2.45) is 0 Å². The Balaban J connectivity index is 1.46. The maximum atomic E-state index is 14.5. The summed E-state index contributed by atoms with van der Waals surface area (Å²) in [5.41, 5.74) is 2.21. The summed E-state index contributed by atoms with van der Waals surface area (Å²) >= 11 is 0. The van der Waals surface area contributed by atoms with Crippen LogP contribution in [-0.4, -0.2) is 92.5 Å². The van der Waals surface area contributed by atoms with Crippen molar-refractivity contribution < 1.29 is 48.0 Å². The molecule has 1 aliphatic carbocycles. The van der Waals surface area contributed by atoms with Gasteiger partial charge in [-0.05, 0) is 48.4 Å². The summed E-state index contributed by atoms with van der Waals surface area (Å²) in [4.78, 5) is 41.4. The highest BCUT2D eigenvalue weighted by Crippen LogP contribution is 2.51. The predicted molar refractivity (Wildman–Crippen MR) is 174 cm³/mol. The van der Waals surface area contributed by atoms with Crippen molar-refractivity contribution in [2.75, 3.05) is 41.0 Å². The lowest BCUT2D eigenvalue weighted by Crippen LogP contribution is -2.56. The van der Waals surface area contributed by atoms with Gasteiger partial charge < -0.3 is 43.8 Å². The van der Waals surface area contributed by atoms with Crippen LogP contribution < -0.4 is 24.3 Å². The second-order valence-corrected chi connectivity index (χ2v) is 11.5. The molecule has 0 saturated carbocycles. The number of hydrogen-bond acceptors (Lipinski definition) is 10. The average Bonchev–Trinajstić information content (AvgIpc) is 3.74. The first-order valence-corrected chi connectivity index (χ1v) is 15.5. The third kappa shape index (κ3) is 5.84. The zero-order valence-electron chi connectivity index (χ0n) is 26.7. The number of ether oxygens (including phenoxy) is 4. The number of aliphatic hydroxyl groups is 2.